The Bertz CT molecular complexity index is 1260. The van der Waals surface area contributed by atoms with E-state index in [9.17, 15) is 18.4 Å². The average Bonchev–Trinajstić information content (AvgIpc) is 3.51. The van der Waals surface area contributed by atoms with Crippen molar-refractivity contribution in [3.63, 3.8) is 0 Å². The van der Waals surface area contributed by atoms with Crippen molar-refractivity contribution in [1.29, 1.82) is 0 Å². The molecule has 2 heterocycles. The fourth-order valence-electron chi connectivity index (χ4n) is 2.96. The summed E-state index contributed by atoms with van der Waals surface area (Å²) in [5.41, 5.74) is 1.01. The lowest BCUT2D eigenvalue weighted by molar-refractivity contribution is -0.113. The Balaban J connectivity index is 1.36. The molecule has 0 fully saturated rings. The molecule has 0 aliphatic heterocycles. The molecule has 0 aliphatic carbocycles. The number of carbonyl (C=O) groups excluding carboxylic acids is 2. The number of hydrogen-bond donors (Lipinski definition) is 2. The Morgan fingerprint density at radius 3 is 2.67 bits per heavy atom. The van der Waals surface area contributed by atoms with Gasteiger partial charge in [-0.05, 0) is 48.5 Å². The van der Waals surface area contributed by atoms with Crippen molar-refractivity contribution in [3.8, 4) is 5.69 Å². The molecule has 2 N–H and O–H groups in total. The highest BCUT2D eigenvalue weighted by Gasteiger charge is 2.13. The average molecular weight is 468 g/mol. The molecule has 0 aliphatic rings. The number of aromatic nitrogens is 2. The molecular weight excluding hydrogens is 450 g/mol. The van der Waals surface area contributed by atoms with Crippen molar-refractivity contribution in [3.05, 3.63) is 96.2 Å². The van der Waals surface area contributed by atoms with Crippen LogP contribution >= 0.6 is 11.8 Å². The minimum absolute atomic E-state index is 0.0553. The van der Waals surface area contributed by atoms with E-state index >= 15 is 0 Å². The minimum Gasteiger partial charge on any atom is -0.467 e. The number of halogens is 2. The highest BCUT2D eigenvalue weighted by Crippen LogP contribution is 2.22. The summed E-state index contributed by atoms with van der Waals surface area (Å²) < 4.78 is 33.9. The van der Waals surface area contributed by atoms with Crippen LogP contribution in [-0.2, 0) is 11.3 Å². The standard InChI is InChI=1S/C23H18F2N4O3S/c24-16-5-8-19(25)20(12-16)28-21(30)14-33-23-26-9-10-29(23)17-6-3-15(4-7-17)22(31)27-13-18-2-1-11-32-18/h1-12H,13-14H2,(H,27,31)(H,28,30). The smallest absolute Gasteiger partial charge is 0.251 e. The maximum absolute atomic E-state index is 13.7. The van der Waals surface area contributed by atoms with Crippen molar-refractivity contribution in [1.82, 2.24) is 14.9 Å². The minimum atomic E-state index is -0.718. The normalized spacial score (nSPS) is 10.7. The van der Waals surface area contributed by atoms with E-state index in [1.54, 1.807) is 59.6 Å². The monoisotopic (exact) mass is 468 g/mol. The number of rotatable bonds is 8. The van der Waals surface area contributed by atoms with Crippen LogP contribution in [0.3, 0.4) is 0 Å². The summed E-state index contributed by atoms with van der Waals surface area (Å²) in [6, 6.07) is 13.3. The Labute approximate surface area is 191 Å². The van der Waals surface area contributed by atoms with E-state index in [1.165, 1.54) is 0 Å². The van der Waals surface area contributed by atoms with Crippen LogP contribution in [0.5, 0.6) is 0 Å². The Kier molecular flexibility index (Phi) is 6.84. The number of benzene rings is 2. The molecule has 33 heavy (non-hydrogen) atoms. The molecule has 0 bridgehead atoms. The van der Waals surface area contributed by atoms with Crippen LogP contribution in [0, 0.1) is 11.6 Å². The Morgan fingerprint density at radius 2 is 1.91 bits per heavy atom. The maximum atomic E-state index is 13.7. The lowest BCUT2D eigenvalue weighted by Crippen LogP contribution is -2.22. The van der Waals surface area contributed by atoms with Gasteiger partial charge in [0.25, 0.3) is 5.91 Å². The predicted molar refractivity (Wildman–Crippen MR) is 119 cm³/mol. The molecule has 168 valence electrons. The molecule has 0 spiro atoms. The molecule has 0 saturated heterocycles. The molecule has 4 rings (SSSR count). The van der Waals surface area contributed by atoms with E-state index in [2.05, 4.69) is 15.6 Å². The number of anilines is 1. The SMILES string of the molecule is O=C(CSc1nccn1-c1ccc(C(=O)NCc2ccco2)cc1)Nc1cc(F)ccc1F. The fourth-order valence-corrected chi connectivity index (χ4v) is 3.73. The van der Waals surface area contributed by atoms with Gasteiger partial charge in [-0.3, -0.25) is 14.2 Å². The Morgan fingerprint density at radius 1 is 1.09 bits per heavy atom. The van der Waals surface area contributed by atoms with Crippen LogP contribution in [0.1, 0.15) is 16.1 Å². The third-order valence-electron chi connectivity index (χ3n) is 4.55. The summed E-state index contributed by atoms with van der Waals surface area (Å²) in [5.74, 6) is -1.50. The molecule has 10 heteroatoms. The first-order chi connectivity index (χ1) is 16.0. The second-order valence-corrected chi connectivity index (χ2v) is 7.79. The predicted octanol–water partition coefficient (Wildman–Crippen LogP) is 4.40. The summed E-state index contributed by atoms with van der Waals surface area (Å²) in [7, 11) is 0. The van der Waals surface area contributed by atoms with Gasteiger partial charge in [0.05, 0.1) is 24.2 Å². The van der Waals surface area contributed by atoms with Gasteiger partial charge in [-0.1, -0.05) is 11.8 Å². The number of amides is 2. The lowest BCUT2D eigenvalue weighted by Gasteiger charge is -2.09. The van der Waals surface area contributed by atoms with Gasteiger partial charge >= 0.3 is 0 Å². The zero-order valence-corrected chi connectivity index (χ0v) is 17.9. The number of imidazole rings is 1. The first-order valence-corrected chi connectivity index (χ1v) is 10.8. The van der Waals surface area contributed by atoms with Crippen LogP contribution in [0.4, 0.5) is 14.5 Å². The lowest BCUT2D eigenvalue weighted by atomic mass is 10.2. The number of furan rings is 1. The van der Waals surface area contributed by atoms with Crippen LogP contribution in [0.15, 0.2) is 82.8 Å². The Hall–Kier alpha value is -3.92. The van der Waals surface area contributed by atoms with Crippen molar-refractivity contribution >= 4 is 29.3 Å². The fraction of sp³-hybridized carbons (Fsp3) is 0.0870. The quantitative estimate of drug-likeness (QED) is 0.374. The molecule has 7 nitrogen and oxygen atoms in total. The molecular formula is C23H18F2N4O3S. The van der Waals surface area contributed by atoms with Crippen LogP contribution in [-0.4, -0.2) is 27.1 Å². The number of nitrogens with one attached hydrogen (secondary N) is 2. The van der Waals surface area contributed by atoms with Crippen molar-refractivity contribution in [2.45, 2.75) is 11.7 Å². The second kappa shape index (κ2) is 10.1. The zero-order chi connectivity index (χ0) is 23.2. The van der Waals surface area contributed by atoms with Crippen LogP contribution in [0.2, 0.25) is 0 Å². The third-order valence-corrected chi connectivity index (χ3v) is 5.52. The van der Waals surface area contributed by atoms with E-state index in [0.717, 1.165) is 35.6 Å². The van der Waals surface area contributed by atoms with Crippen molar-refractivity contribution < 1.29 is 22.8 Å². The van der Waals surface area contributed by atoms with Gasteiger partial charge in [-0.2, -0.15) is 0 Å². The zero-order valence-electron chi connectivity index (χ0n) is 17.1. The molecule has 2 aromatic carbocycles. The van der Waals surface area contributed by atoms with Gasteiger partial charge in [-0.25, -0.2) is 13.8 Å². The molecule has 4 aromatic rings. The summed E-state index contributed by atoms with van der Waals surface area (Å²) in [5, 5.41) is 5.66. The summed E-state index contributed by atoms with van der Waals surface area (Å²) >= 11 is 1.14. The molecule has 2 aromatic heterocycles. The van der Waals surface area contributed by atoms with Crippen molar-refractivity contribution in [2.75, 3.05) is 11.1 Å². The van der Waals surface area contributed by atoms with Gasteiger partial charge in [0.2, 0.25) is 5.91 Å². The van der Waals surface area contributed by atoms with Gasteiger partial charge in [0.15, 0.2) is 5.16 Å². The molecule has 0 unspecified atom stereocenters. The van der Waals surface area contributed by atoms with E-state index in [4.69, 9.17) is 4.42 Å². The van der Waals surface area contributed by atoms with E-state index < -0.39 is 17.5 Å². The van der Waals surface area contributed by atoms with E-state index in [-0.39, 0.29) is 23.9 Å². The van der Waals surface area contributed by atoms with Gasteiger partial charge < -0.3 is 15.1 Å². The third kappa shape index (κ3) is 5.66. The number of carbonyl (C=O) groups is 2. The molecule has 0 atom stereocenters. The highest BCUT2D eigenvalue weighted by molar-refractivity contribution is 7.99. The van der Waals surface area contributed by atoms with Crippen LogP contribution in [0.25, 0.3) is 5.69 Å². The summed E-state index contributed by atoms with van der Waals surface area (Å²) in [6.07, 6.45) is 4.84. The van der Waals surface area contributed by atoms with Gasteiger partial charge in [0, 0.05) is 29.7 Å². The number of hydrogen-bond acceptors (Lipinski definition) is 5. The van der Waals surface area contributed by atoms with E-state index in [0.29, 0.717) is 16.5 Å². The molecule has 0 saturated carbocycles. The molecule has 0 radical (unpaired) electrons. The maximum Gasteiger partial charge on any atom is 0.251 e. The topological polar surface area (TPSA) is 89.2 Å². The number of thioether (sulfide) groups is 1. The van der Waals surface area contributed by atoms with Gasteiger partial charge in [0.1, 0.15) is 17.4 Å². The highest BCUT2D eigenvalue weighted by atomic mass is 32.2. The largest absolute Gasteiger partial charge is 0.467 e. The first kappa shape index (κ1) is 22.3. The van der Waals surface area contributed by atoms with Crippen LogP contribution < -0.4 is 10.6 Å². The summed E-state index contributed by atoms with van der Waals surface area (Å²) in [4.78, 5) is 28.7. The van der Waals surface area contributed by atoms with Gasteiger partial charge in [-0.15, -0.1) is 0 Å². The number of nitrogens with zero attached hydrogens (tertiary/aromatic N) is 2. The second-order valence-electron chi connectivity index (χ2n) is 6.85. The molecule has 2 amide bonds. The van der Waals surface area contributed by atoms with Crippen molar-refractivity contribution in [2.24, 2.45) is 0 Å². The van der Waals surface area contributed by atoms with E-state index in [1.807, 2.05) is 0 Å². The first-order valence-electron chi connectivity index (χ1n) is 9.81. The summed E-state index contributed by atoms with van der Waals surface area (Å²) in [6.45, 7) is 0.289.